The number of hydrogen-bond donors (Lipinski definition) is 0. The molecule has 4 aromatic rings. The van der Waals surface area contributed by atoms with Gasteiger partial charge in [0.1, 0.15) is 5.65 Å². The molecule has 7 heteroatoms. The Hall–Kier alpha value is -2.70. The normalized spacial score (nSPS) is 11.5. The Balaban J connectivity index is 1.41. The minimum atomic E-state index is 0.556. The number of aromatic nitrogens is 4. The molecule has 0 N–H and O–H groups in total. The van der Waals surface area contributed by atoms with Gasteiger partial charge in [-0.25, -0.2) is 4.98 Å². The van der Waals surface area contributed by atoms with Crippen molar-refractivity contribution in [2.24, 2.45) is 0 Å². The maximum absolute atomic E-state index is 6.19. The van der Waals surface area contributed by atoms with Crippen molar-refractivity contribution in [1.82, 2.24) is 24.4 Å². The van der Waals surface area contributed by atoms with E-state index in [1.165, 1.54) is 0 Å². The third-order valence-corrected chi connectivity index (χ3v) is 4.52. The van der Waals surface area contributed by atoms with Crippen LogP contribution in [0.4, 0.5) is 0 Å². The molecule has 3 heterocycles. The Kier molecular flexibility index (Phi) is 4.69. The van der Waals surface area contributed by atoms with Crippen LogP contribution in [-0.4, -0.2) is 31.5 Å². The zero-order chi connectivity index (χ0) is 17.9. The van der Waals surface area contributed by atoms with Crippen molar-refractivity contribution >= 4 is 17.2 Å². The smallest absolute Gasteiger partial charge is 0.240 e. The number of benzene rings is 1. The Morgan fingerprint density at radius 2 is 1.96 bits per heavy atom. The predicted octanol–water partition coefficient (Wildman–Crippen LogP) is 3.59. The van der Waals surface area contributed by atoms with Crippen LogP contribution in [0.2, 0.25) is 5.02 Å². The van der Waals surface area contributed by atoms with Crippen LogP contribution in [0.5, 0.6) is 0 Å². The van der Waals surface area contributed by atoms with Gasteiger partial charge in [0.2, 0.25) is 5.89 Å². The Labute approximate surface area is 156 Å². The molecule has 0 aliphatic carbocycles. The van der Waals surface area contributed by atoms with Gasteiger partial charge in [0.15, 0.2) is 5.82 Å². The van der Waals surface area contributed by atoms with Gasteiger partial charge in [-0.1, -0.05) is 41.0 Å². The van der Waals surface area contributed by atoms with Gasteiger partial charge >= 0.3 is 0 Å². The van der Waals surface area contributed by atoms with Crippen LogP contribution in [-0.2, 0) is 19.5 Å². The third kappa shape index (κ3) is 3.61. The van der Waals surface area contributed by atoms with Crippen LogP contribution in [0.3, 0.4) is 0 Å². The molecule has 0 spiro atoms. The van der Waals surface area contributed by atoms with Crippen LogP contribution >= 0.6 is 11.6 Å². The van der Waals surface area contributed by atoms with E-state index in [0.29, 0.717) is 29.7 Å². The molecule has 0 aliphatic rings. The quantitative estimate of drug-likeness (QED) is 0.521. The van der Waals surface area contributed by atoms with Crippen LogP contribution in [0.15, 0.2) is 59.4 Å². The molecule has 0 aliphatic heterocycles. The molecule has 1 aromatic carbocycles. The molecule has 26 heavy (non-hydrogen) atoms. The molecule has 0 bridgehead atoms. The Morgan fingerprint density at radius 3 is 2.85 bits per heavy atom. The van der Waals surface area contributed by atoms with Crippen molar-refractivity contribution < 1.29 is 4.52 Å². The van der Waals surface area contributed by atoms with E-state index in [4.69, 9.17) is 16.1 Å². The van der Waals surface area contributed by atoms with Gasteiger partial charge in [-0.05, 0) is 30.8 Å². The van der Waals surface area contributed by atoms with Crippen molar-refractivity contribution in [3.05, 3.63) is 82.9 Å². The molecular formula is C19H18ClN5O. The zero-order valence-electron chi connectivity index (χ0n) is 14.3. The van der Waals surface area contributed by atoms with Gasteiger partial charge in [0.25, 0.3) is 0 Å². The maximum Gasteiger partial charge on any atom is 0.240 e. The molecule has 3 aromatic heterocycles. The maximum atomic E-state index is 6.19. The average molecular weight is 368 g/mol. The summed E-state index contributed by atoms with van der Waals surface area (Å²) >= 11 is 6.19. The number of rotatable bonds is 6. The summed E-state index contributed by atoms with van der Waals surface area (Å²) in [6.07, 6.45) is 4.46. The molecule has 0 saturated carbocycles. The third-order valence-electron chi connectivity index (χ3n) is 4.15. The fraction of sp³-hybridized carbons (Fsp3) is 0.211. The fourth-order valence-corrected chi connectivity index (χ4v) is 3.11. The van der Waals surface area contributed by atoms with E-state index in [-0.39, 0.29) is 0 Å². The SMILES string of the molecule is CN(Cc1nc(Cc2ccccc2Cl)no1)Cc1cnc2ccccn12. The van der Waals surface area contributed by atoms with E-state index in [0.717, 1.165) is 23.4 Å². The fourth-order valence-electron chi connectivity index (χ4n) is 2.90. The van der Waals surface area contributed by atoms with Gasteiger partial charge in [0.05, 0.1) is 18.4 Å². The molecule has 132 valence electrons. The van der Waals surface area contributed by atoms with Crippen LogP contribution in [0.25, 0.3) is 5.65 Å². The molecule has 0 radical (unpaired) electrons. The summed E-state index contributed by atoms with van der Waals surface area (Å²) in [5.41, 5.74) is 3.04. The highest BCUT2D eigenvalue weighted by atomic mass is 35.5. The van der Waals surface area contributed by atoms with E-state index in [1.807, 2.05) is 61.9 Å². The van der Waals surface area contributed by atoms with Crippen molar-refractivity contribution in [3.8, 4) is 0 Å². The first-order valence-electron chi connectivity index (χ1n) is 8.33. The first kappa shape index (κ1) is 16.8. The Bertz CT molecular complexity index is 1030. The number of fused-ring (bicyclic) bond motifs is 1. The molecule has 0 amide bonds. The second-order valence-electron chi connectivity index (χ2n) is 6.22. The number of hydrogen-bond acceptors (Lipinski definition) is 5. The minimum Gasteiger partial charge on any atom is -0.338 e. The highest BCUT2D eigenvalue weighted by Gasteiger charge is 2.12. The van der Waals surface area contributed by atoms with Crippen molar-refractivity contribution in [2.75, 3.05) is 7.05 Å². The number of pyridine rings is 1. The van der Waals surface area contributed by atoms with E-state index in [1.54, 1.807) is 0 Å². The summed E-state index contributed by atoms with van der Waals surface area (Å²) in [6, 6.07) is 13.7. The second kappa shape index (κ2) is 7.27. The van der Waals surface area contributed by atoms with E-state index in [9.17, 15) is 0 Å². The molecule has 0 unspecified atom stereocenters. The number of halogens is 1. The van der Waals surface area contributed by atoms with Gasteiger partial charge in [-0.15, -0.1) is 0 Å². The van der Waals surface area contributed by atoms with E-state index >= 15 is 0 Å². The van der Waals surface area contributed by atoms with E-state index in [2.05, 4.69) is 24.4 Å². The average Bonchev–Trinajstić information content (AvgIpc) is 3.24. The predicted molar refractivity (Wildman–Crippen MR) is 98.9 cm³/mol. The molecular weight excluding hydrogens is 350 g/mol. The monoisotopic (exact) mass is 367 g/mol. The number of nitrogens with zero attached hydrogens (tertiary/aromatic N) is 5. The lowest BCUT2D eigenvalue weighted by atomic mass is 10.1. The number of imidazole rings is 1. The van der Waals surface area contributed by atoms with Gasteiger partial charge < -0.3 is 8.92 Å². The lowest BCUT2D eigenvalue weighted by Crippen LogP contribution is -2.18. The summed E-state index contributed by atoms with van der Waals surface area (Å²) < 4.78 is 7.46. The van der Waals surface area contributed by atoms with Crippen molar-refractivity contribution in [1.29, 1.82) is 0 Å². The zero-order valence-corrected chi connectivity index (χ0v) is 15.1. The van der Waals surface area contributed by atoms with Gasteiger partial charge in [-0.3, -0.25) is 4.90 Å². The molecule has 6 nitrogen and oxygen atoms in total. The van der Waals surface area contributed by atoms with Crippen LogP contribution < -0.4 is 0 Å². The van der Waals surface area contributed by atoms with E-state index < -0.39 is 0 Å². The van der Waals surface area contributed by atoms with Crippen LogP contribution in [0.1, 0.15) is 23.0 Å². The Morgan fingerprint density at radius 1 is 1.12 bits per heavy atom. The highest BCUT2D eigenvalue weighted by molar-refractivity contribution is 6.31. The molecule has 0 saturated heterocycles. The topological polar surface area (TPSA) is 59.5 Å². The lowest BCUT2D eigenvalue weighted by molar-refractivity contribution is 0.257. The first-order chi connectivity index (χ1) is 12.7. The van der Waals surface area contributed by atoms with Gasteiger partial charge in [-0.2, -0.15) is 4.98 Å². The largest absolute Gasteiger partial charge is 0.338 e. The second-order valence-corrected chi connectivity index (χ2v) is 6.63. The molecule has 4 rings (SSSR count). The first-order valence-corrected chi connectivity index (χ1v) is 8.71. The standard InChI is InChI=1S/C19H18ClN5O/c1-24(12-15-11-21-18-8-4-5-9-25(15)18)13-19-22-17(23-26-19)10-14-6-2-3-7-16(14)20/h2-9,11H,10,12-13H2,1H3. The molecule has 0 atom stereocenters. The van der Waals surface area contributed by atoms with Gasteiger partial charge in [0, 0.05) is 24.2 Å². The summed E-state index contributed by atoms with van der Waals surface area (Å²) in [5.74, 6) is 1.22. The summed E-state index contributed by atoms with van der Waals surface area (Å²) in [5, 5.41) is 4.78. The summed E-state index contributed by atoms with van der Waals surface area (Å²) in [7, 11) is 2.01. The van der Waals surface area contributed by atoms with Crippen LogP contribution in [0, 0.1) is 0 Å². The van der Waals surface area contributed by atoms with Crippen molar-refractivity contribution in [3.63, 3.8) is 0 Å². The van der Waals surface area contributed by atoms with Crippen molar-refractivity contribution in [2.45, 2.75) is 19.5 Å². The molecule has 0 fully saturated rings. The lowest BCUT2D eigenvalue weighted by Gasteiger charge is -2.13. The highest BCUT2D eigenvalue weighted by Crippen LogP contribution is 2.18. The minimum absolute atomic E-state index is 0.556. The summed E-state index contributed by atoms with van der Waals surface area (Å²) in [4.78, 5) is 11.0. The summed E-state index contributed by atoms with van der Waals surface area (Å²) in [6.45, 7) is 1.29.